The van der Waals surface area contributed by atoms with E-state index in [-0.39, 0.29) is 0 Å². The van der Waals surface area contributed by atoms with Crippen molar-refractivity contribution in [1.82, 2.24) is 14.7 Å². The number of hydrogen-bond acceptors (Lipinski definition) is 2. The molecule has 0 aromatic carbocycles. The lowest BCUT2D eigenvalue weighted by Gasteiger charge is -2.06. The van der Waals surface area contributed by atoms with E-state index >= 15 is 0 Å². The number of pyridine rings is 1. The molecule has 1 N–H and O–H groups in total. The number of nitrogens with one attached hydrogen (secondary N) is 1. The number of halogens is 1. The maximum Gasteiger partial charge on any atom is 0.132 e. The van der Waals surface area contributed by atoms with Gasteiger partial charge in [0, 0.05) is 6.20 Å². The van der Waals surface area contributed by atoms with Crippen molar-refractivity contribution >= 4 is 21.4 Å². The van der Waals surface area contributed by atoms with E-state index in [0.717, 1.165) is 29.0 Å². The van der Waals surface area contributed by atoms with Gasteiger partial charge in [-0.25, -0.2) is 4.98 Å². The Morgan fingerprint density at radius 2 is 2.25 bits per heavy atom. The Hall–Kier alpha value is -0.870. The highest BCUT2D eigenvalue weighted by Gasteiger charge is 2.07. The fourth-order valence-electron chi connectivity index (χ4n) is 1.66. The van der Waals surface area contributed by atoms with Gasteiger partial charge in [0.1, 0.15) is 10.4 Å². The Labute approximate surface area is 104 Å². The quantitative estimate of drug-likeness (QED) is 0.934. The monoisotopic (exact) mass is 281 g/mol. The molecule has 0 bridgehead atoms. The van der Waals surface area contributed by atoms with Crippen molar-refractivity contribution in [1.29, 1.82) is 0 Å². The zero-order valence-corrected chi connectivity index (χ0v) is 11.2. The summed E-state index contributed by atoms with van der Waals surface area (Å²) in [5.41, 5.74) is 1.11. The second kappa shape index (κ2) is 4.97. The number of nitrogens with zero attached hydrogens (tertiary/aromatic N) is 2. The van der Waals surface area contributed by atoms with E-state index in [4.69, 9.17) is 0 Å². The third-order valence-corrected chi connectivity index (χ3v) is 3.00. The second-order valence-corrected chi connectivity index (χ2v) is 5.05. The molecule has 0 spiro atoms. The maximum atomic E-state index is 4.50. The van der Waals surface area contributed by atoms with Crippen LogP contribution in [0, 0.1) is 5.92 Å². The molecule has 2 aromatic rings. The first-order valence-electron chi connectivity index (χ1n) is 5.50. The van der Waals surface area contributed by atoms with Gasteiger partial charge < -0.3 is 9.72 Å². The fraction of sp³-hybridized carbons (Fsp3) is 0.417. The summed E-state index contributed by atoms with van der Waals surface area (Å²) in [6.07, 6.45) is 2.04. The van der Waals surface area contributed by atoms with Gasteiger partial charge in [0.25, 0.3) is 0 Å². The number of hydrogen-bond donors (Lipinski definition) is 1. The number of imidazole rings is 1. The lowest BCUT2D eigenvalue weighted by molar-refractivity contribution is 0.542. The van der Waals surface area contributed by atoms with Crippen LogP contribution in [0.1, 0.15) is 19.7 Å². The first-order valence-corrected chi connectivity index (χ1v) is 6.30. The van der Waals surface area contributed by atoms with Gasteiger partial charge >= 0.3 is 0 Å². The molecule has 16 heavy (non-hydrogen) atoms. The maximum absolute atomic E-state index is 4.50. The van der Waals surface area contributed by atoms with Crippen LogP contribution >= 0.6 is 15.9 Å². The zero-order valence-electron chi connectivity index (χ0n) is 9.57. The van der Waals surface area contributed by atoms with Crippen molar-refractivity contribution in [3.8, 4) is 0 Å². The average molecular weight is 282 g/mol. The summed E-state index contributed by atoms with van der Waals surface area (Å²) in [6, 6.07) is 6.10. The number of fused-ring (bicyclic) bond motifs is 1. The normalized spacial score (nSPS) is 11.5. The van der Waals surface area contributed by atoms with Crippen molar-refractivity contribution in [2.75, 3.05) is 6.54 Å². The largest absolute Gasteiger partial charge is 0.310 e. The Morgan fingerprint density at radius 1 is 1.44 bits per heavy atom. The van der Waals surface area contributed by atoms with E-state index in [0.29, 0.717) is 5.92 Å². The molecule has 3 nitrogen and oxygen atoms in total. The molecule has 86 valence electrons. The molecule has 2 heterocycles. The van der Waals surface area contributed by atoms with Crippen molar-refractivity contribution in [3.63, 3.8) is 0 Å². The summed E-state index contributed by atoms with van der Waals surface area (Å²) < 4.78 is 3.02. The Kier molecular flexibility index (Phi) is 3.61. The highest BCUT2D eigenvalue weighted by Crippen LogP contribution is 2.18. The van der Waals surface area contributed by atoms with Gasteiger partial charge in [-0.1, -0.05) is 19.9 Å². The van der Waals surface area contributed by atoms with Crippen molar-refractivity contribution in [2.45, 2.75) is 20.4 Å². The van der Waals surface area contributed by atoms with E-state index in [2.05, 4.69) is 50.5 Å². The molecule has 0 amide bonds. The van der Waals surface area contributed by atoms with Crippen LogP contribution in [-0.2, 0) is 6.54 Å². The van der Waals surface area contributed by atoms with Crippen LogP contribution in [-0.4, -0.2) is 15.9 Å². The summed E-state index contributed by atoms with van der Waals surface area (Å²) in [4.78, 5) is 4.50. The van der Waals surface area contributed by atoms with E-state index in [1.54, 1.807) is 0 Å². The molecule has 2 rings (SSSR count). The van der Waals surface area contributed by atoms with Crippen molar-refractivity contribution in [2.24, 2.45) is 5.92 Å². The van der Waals surface area contributed by atoms with Gasteiger partial charge in [0.15, 0.2) is 0 Å². The van der Waals surface area contributed by atoms with Crippen molar-refractivity contribution < 1.29 is 0 Å². The van der Waals surface area contributed by atoms with Crippen LogP contribution in [0.15, 0.2) is 29.0 Å². The van der Waals surface area contributed by atoms with Crippen LogP contribution in [0.3, 0.4) is 0 Å². The topological polar surface area (TPSA) is 29.3 Å². The van der Waals surface area contributed by atoms with Crippen LogP contribution in [0.25, 0.3) is 5.52 Å². The molecule has 0 atom stereocenters. The van der Waals surface area contributed by atoms with Gasteiger partial charge in [0.05, 0.1) is 12.1 Å². The molecule has 0 saturated heterocycles. The standard InChI is InChI=1S/C12H16BrN3/c1-9(2)7-14-8-11-15-12(13)10-5-3-4-6-16(10)11/h3-6,9,14H,7-8H2,1-2H3. The minimum atomic E-state index is 0.662. The molecule has 0 unspecified atom stereocenters. The molecule has 0 radical (unpaired) electrons. The van der Waals surface area contributed by atoms with Gasteiger partial charge in [-0.05, 0) is 40.5 Å². The summed E-state index contributed by atoms with van der Waals surface area (Å²) >= 11 is 3.48. The Balaban J connectivity index is 2.18. The van der Waals surface area contributed by atoms with E-state index < -0.39 is 0 Å². The van der Waals surface area contributed by atoms with Crippen LogP contribution in [0.5, 0.6) is 0 Å². The molecule has 0 aliphatic heterocycles. The molecule has 4 heteroatoms. The molecule has 0 saturated carbocycles. The van der Waals surface area contributed by atoms with Gasteiger partial charge in [-0.15, -0.1) is 0 Å². The minimum Gasteiger partial charge on any atom is -0.310 e. The summed E-state index contributed by atoms with van der Waals surface area (Å²) in [7, 11) is 0. The smallest absolute Gasteiger partial charge is 0.132 e. The van der Waals surface area contributed by atoms with Gasteiger partial charge in [-0.3, -0.25) is 0 Å². The van der Waals surface area contributed by atoms with E-state index in [9.17, 15) is 0 Å². The molecular weight excluding hydrogens is 266 g/mol. The molecule has 0 aliphatic carbocycles. The lowest BCUT2D eigenvalue weighted by atomic mass is 10.2. The zero-order chi connectivity index (χ0) is 11.5. The molecule has 0 fully saturated rings. The van der Waals surface area contributed by atoms with Crippen LogP contribution in [0.4, 0.5) is 0 Å². The Morgan fingerprint density at radius 3 is 3.00 bits per heavy atom. The summed E-state index contributed by atoms with van der Waals surface area (Å²) in [6.45, 7) is 6.22. The predicted molar refractivity (Wildman–Crippen MR) is 69.4 cm³/mol. The third kappa shape index (κ3) is 2.44. The molecule has 0 aliphatic rings. The number of rotatable bonds is 4. The number of aromatic nitrogens is 2. The summed E-state index contributed by atoms with van der Waals surface area (Å²) in [5.74, 6) is 1.71. The first-order chi connectivity index (χ1) is 7.68. The average Bonchev–Trinajstić information content (AvgIpc) is 2.57. The first kappa shape index (κ1) is 11.6. The highest BCUT2D eigenvalue weighted by atomic mass is 79.9. The molecular formula is C12H16BrN3. The Bertz CT molecular complexity index is 476. The van der Waals surface area contributed by atoms with E-state index in [1.165, 1.54) is 0 Å². The van der Waals surface area contributed by atoms with E-state index in [1.807, 2.05) is 18.3 Å². The lowest BCUT2D eigenvalue weighted by Crippen LogP contribution is -2.20. The summed E-state index contributed by atoms with van der Waals surface area (Å²) in [5, 5.41) is 3.40. The fourth-order valence-corrected chi connectivity index (χ4v) is 2.19. The minimum absolute atomic E-state index is 0.662. The predicted octanol–water partition coefficient (Wildman–Crippen LogP) is 2.84. The molecule has 2 aromatic heterocycles. The van der Waals surface area contributed by atoms with Crippen molar-refractivity contribution in [3.05, 3.63) is 34.8 Å². The van der Waals surface area contributed by atoms with Crippen LogP contribution < -0.4 is 5.32 Å². The second-order valence-electron chi connectivity index (χ2n) is 4.30. The third-order valence-electron chi connectivity index (χ3n) is 2.41. The van der Waals surface area contributed by atoms with Crippen LogP contribution in [0.2, 0.25) is 0 Å². The highest BCUT2D eigenvalue weighted by molar-refractivity contribution is 9.10. The SMILES string of the molecule is CC(C)CNCc1nc(Br)c2ccccn12. The van der Waals surface area contributed by atoms with Gasteiger partial charge in [-0.2, -0.15) is 0 Å². The van der Waals surface area contributed by atoms with Gasteiger partial charge in [0.2, 0.25) is 0 Å².